The highest BCUT2D eigenvalue weighted by Gasteiger charge is 2.44. The third-order valence-corrected chi connectivity index (χ3v) is 5.81. The lowest BCUT2D eigenvalue weighted by atomic mass is 9.66. The third-order valence-electron chi connectivity index (χ3n) is 5.81. The molecule has 2 nitrogen and oxygen atoms in total. The average Bonchev–Trinajstić information content (AvgIpc) is 2.38. The molecule has 106 valence electrons. The van der Waals surface area contributed by atoms with Crippen LogP contribution in [0.15, 0.2) is 0 Å². The maximum atomic E-state index is 6.68. The van der Waals surface area contributed by atoms with Crippen molar-refractivity contribution in [2.24, 2.45) is 17.6 Å². The average molecular weight is 253 g/mol. The minimum absolute atomic E-state index is 0.0248. The second kappa shape index (κ2) is 5.50. The molecule has 1 heterocycles. The van der Waals surface area contributed by atoms with Gasteiger partial charge in [0, 0.05) is 12.1 Å². The molecule has 1 saturated carbocycles. The molecule has 3 unspecified atom stereocenters. The van der Waals surface area contributed by atoms with Crippen LogP contribution in [-0.2, 0) is 4.74 Å². The number of rotatable bonds is 3. The Morgan fingerprint density at radius 3 is 2.61 bits per heavy atom. The van der Waals surface area contributed by atoms with Crippen LogP contribution in [0.1, 0.15) is 72.1 Å². The summed E-state index contributed by atoms with van der Waals surface area (Å²) in [5, 5.41) is 0. The van der Waals surface area contributed by atoms with Gasteiger partial charge in [0.15, 0.2) is 0 Å². The first-order chi connectivity index (χ1) is 8.50. The molecule has 2 rings (SSSR count). The Morgan fingerprint density at radius 2 is 2.00 bits per heavy atom. The van der Waals surface area contributed by atoms with Gasteiger partial charge >= 0.3 is 0 Å². The number of nitrogens with two attached hydrogens (primary N) is 1. The van der Waals surface area contributed by atoms with E-state index in [1.807, 2.05) is 0 Å². The molecular formula is C16H31NO. The van der Waals surface area contributed by atoms with E-state index in [1.54, 1.807) is 0 Å². The van der Waals surface area contributed by atoms with Gasteiger partial charge in [-0.2, -0.15) is 0 Å². The van der Waals surface area contributed by atoms with Gasteiger partial charge in [-0.15, -0.1) is 0 Å². The van der Waals surface area contributed by atoms with Crippen molar-refractivity contribution in [3.05, 3.63) is 0 Å². The summed E-state index contributed by atoms with van der Waals surface area (Å²) in [7, 11) is 0. The van der Waals surface area contributed by atoms with E-state index in [2.05, 4.69) is 20.8 Å². The standard InChI is InChI=1S/C16H31NO/c1-4-13(2)15(3,17)14-8-11-18-16(12-14)9-6-5-7-10-16/h13-14H,4-12,17H2,1-3H3. The lowest BCUT2D eigenvalue weighted by Gasteiger charge is -2.49. The van der Waals surface area contributed by atoms with Crippen LogP contribution < -0.4 is 5.73 Å². The van der Waals surface area contributed by atoms with Gasteiger partial charge in [-0.1, -0.05) is 39.5 Å². The molecule has 2 aliphatic rings. The van der Waals surface area contributed by atoms with Crippen LogP contribution in [0, 0.1) is 11.8 Å². The fraction of sp³-hybridized carbons (Fsp3) is 1.00. The minimum atomic E-state index is -0.0248. The fourth-order valence-corrected chi connectivity index (χ4v) is 3.95. The van der Waals surface area contributed by atoms with Gasteiger partial charge in [-0.25, -0.2) is 0 Å². The first-order valence-corrected chi connectivity index (χ1v) is 7.93. The summed E-state index contributed by atoms with van der Waals surface area (Å²) in [5.74, 6) is 1.24. The molecule has 0 amide bonds. The normalized spacial score (nSPS) is 33.0. The molecule has 2 heteroatoms. The molecule has 0 aromatic carbocycles. The summed E-state index contributed by atoms with van der Waals surface area (Å²) in [6.45, 7) is 7.76. The van der Waals surface area contributed by atoms with E-state index in [0.29, 0.717) is 11.8 Å². The van der Waals surface area contributed by atoms with E-state index >= 15 is 0 Å². The zero-order valence-electron chi connectivity index (χ0n) is 12.5. The third kappa shape index (κ3) is 2.75. The summed E-state index contributed by atoms with van der Waals surface area (Å²) in [6, 6.07) is 0. The second-order valence-corrected chi connectivity index (χ2v) is 6.96. The molecule has 1 aliphatic heterocycles. The molecule has 3 atom stereocenters. The summed E-state index contributed by atoms with van der Waals surface area (Å²) >= 11 is 0. The molecule has 2 fully saturated rings. The van der Waals surface area contributed by atoms with Crippen molar-refractivity contribution >= 4 is 0 Å². The Balaban J connectivity index is 2.06. The van der Waals surface area contributed by atoms with Crippen molar-refractivity contribution < 1.29 is 4.74 Å². The molecule has 2 N–H and O–H groups in total. The van der Waals surface area contributed by atoms with Crippen molar-refractivity contribution in [2.75, 3.05) is 6.61 Å². The van der Waals surface area contributed by atoms with Crippen LogP contribution in [0.3, 0.4) is 0 Å². The van der Waals surface area contributed by atoms with E-state index < -0.39 is 0 Å². The van der Waals surface area contributed by atoms with Gasteiger partial charge in [-0.05, 0) is 44.4 Å². The maximum absolute atomic E-state index is 6.68. The van der Waals surface area contributed by atoms with Crippen molar-refractivity contribution in [1.82, 2.24) is 0 Å². The molecule has 1 spiro atoms. The van der Waals surface area contributed by atoms with E-state index in [9.17, 15) is 0 Å². The van der Waals surface area contributed by atoms with Gasteiger partial charge in [0.25, 0.3) is 0 Å². The first-order valence-electron chi connectivity index (χ1n) is 7.93. The zero-order chi connectivity index (χ0) is 13.2. The smallest absolute Gasteiger partial charge is 0.0685 e. The van der Waals surface area contributed by atoms with Crippen molar-refractivity contribution in [3.8, 4) is 0 Å². The minimum Gasteiger partial charge on any atom is -0.375 e. The molecule has 0 aromatic heterocycles. The predicted molar refractivity (Wildman–Crippen MR) is 76.5 cm³/mol. The lowest BCUT2D eigenvalue weighted by molar-refractivity contribution is -0.129. The van der Waals surface area contributed by atoms with Crippen molar-refractivity contribution in [1.29, 1.82) is 0 Å². The predicted octanol–water partition coefficient (Wildman–Crippen LogP) is 3.88. The lowest BCUT2D eigenvalue weighted by Crippen LogP contribution is -2.55. The quantitative estimate of drug-likeness (QED) is 0.828. The fourth-order valence-electron chi connectivity index (χ4n) is 3.95. The molecule has 1 aliphatic carbocycles. The highest BCUT2D eigenvalue weighted by Crippen LogP contribution is 2.44. The molecule has 0 bridgehead atoms. The largest absolute Gasteiger partial charge is 0.375 e. The van der Waals surface area contributed by atoms with E-state index in [4.69, 9.17) is 10.5 Å². The second-order valence-electron chi connectivity index (χ2n) is 6.96. The number of hydrogen-bond donors (Lipinski definition) is 1. The summed E-state index contributed by atoms with van der Waals surface area (Å²) in [5.41, 5.74) is 6.84. The van der Waals surface area contributed by atoms with Gasteiger partial charge in [0.05, 0.1) is 5.60 Å². The van der Waals surface area contributed by atoms with E-state index in [0.717, 1.165) is 13.0 Å². The zero-order valence-corrected chi connectivity index (χ0v) is 12.5. The summed E-state index contributed by atoms with van der Waals surface area (Å²) in [4.78, 5) is 0. The summed E-state index contributed by atoms with van der Waals surface area (Å²) < 4.78 is 6.19. The Hall–Kier alpha value is -0.0800. The SMILES string of the molecule is CCC(C)C(C)(N)C1CCOC2(CCCCC2)C1. The molecule has 0 aromatic rings. The van der Waals surface area contributed by atoms with Crippen LogP contribution in [0.2, 0.25) is 0 Å². The Morgan fingerprint density at radius 1 is 1.33 bits per heavy atom. The maximum Gasteiger partial charge on any atom is 0.0685 e. The summed E-state index contributed by atoms with van der Waals surface area (Å²) in [6.07, 6.45) is 10.1. The van der Waals surface area contributed by atoms with Gasteiger partial charge in [-0.3, -0.25) is 0 Å². The van der Waals surface area contributed by atoms with Crippen LogP contribution in [0.25, 0.3) is 0 Å². The Kier molecular flexibility index (Phi) is 4.38. The Bertz CT molecular complexity index is 263. The molecule has 18 heavy (non-hydrogen) atoms. The van der Waals surface area contributed by atoms with Crippen molar-refractivity contribution in [3.63, 3.8) is 0 Å². The van der Waals surface area contributed by atoms with Gasteiger partial charge in [0.1, 0.15) is 0 Å². The topological polar surface area (TPSA) is 35.2 Å². The monoisotopic (exact) mass is 253 g/mol. The molecule has 0 radical (unpaired) electrons. The van der Waals surface area contributed by atoms with Crippen molar-refractivity contribution in [2.45, 2.75) is 83.3 Å². The van der Waals surface area contributed by atoms with Gasteiger partial charge < -0.3 is 10.5 Å². The van der Waals surface area contributed by atoms with Gasteiger partial charge in [0.2, 0.25) is 0 Å². The number of hydrogen-bond acceptors (Lipinski definition) is 2. The first kappa shape index (κ1) is 14.3. The van der Waals surface area contributed by atoms with Crippen LogP contribution in [0.5, 0.6) is 0 Å². The van der Waals surface area contributed by atoms with Crippen LogP contribution >= 0.6 is 0 Å². The molecular weight excluding hydrogens is 222 g/mol. The molecule has 1 saturated heterocycles. The van der Waals surface area contributed by atoms with Crippen LogP contribution in [-0.4, -0.2) is 17.7 Å². The highest BCUT2D eigenvalue weighted by atomic mass is 16.5. The van der Waals surface area contributed by atoms with E-state index in [-0.39, 0.29) is 11.1 Å². The van der Waals surface area contributed by atoms with Crippen LogP contribution in [0.4, 0.5) is 0 Å². The number of ether oxygens (including phenoxy) is 1. The Labute approximate surface area is 113 Å². The highest BCUT2D eigenvalue weighted by molar-refractivity contribution is 4.99. The van der Waals surface area contributed by atoms with E-state index in [1.165, 1.54) is 44.9 Å².